The maximum absolute atomic E-state index is 12.7. The molecule has 0 aliphatic heterocycles. The molecule has 0 atom stereocenters. The molecule has 0 radical (unpaired) electrons. The molecule has 0 fully saturated rings. The number of nitrogens with zero attached hydrogens (tertiary/aromatic N) is 1. The lowest BCUT2D eigenvalue weighted by molar-refractivity contribution is 0.103. The summed E-state index contributed by atoms with van der Waals surface area (Å²) in [4.78, 5) is 14.6. The number of hydrogen-bond donors (Lipinski definition) is 2. The highest BCUT2D eigenvalue weighted by Crippen LogP contribution is 2.18. The number of aliphatic hydroxyl groups excluding tert-OH is 2. The number of rotatable bonds is 8. The van der Waals surface area contributed by atoms with Crippen LogP contribution in [-0.4, -0.2) is 47.2 Å². The zero-order valence-electron chi connectivity index (χ0n) is 12.8. The largest absolute Gasteiger partial charge is 0.395 e. The van der Waals surface area contributed by atoms with Gasteiger partial charge in [0.25, 0.3) is 0 Å². The molecule has 2 N–H and O–H groups in total. The number of benzene rings is 2. The molecule has 5 heteroatoms. The van der Waals surface area contributed by atoms with Crippen LogP contribution in [0.5, 0.6) is 0 Å². The second-order valence-electron chi connectivity index (χ2n) is 5.22. The topological polar surface area (TPSA) is 60.8 Å². The first kappa shape index (κ1) is 17.6. The first-order valence-electron chi connectivity index (χ1n) is 7.48. The molecule has 0 amide bonds. The quantitative estimate of drug-likeness (QED) is 0.728. The molecular formula is C18H20ClNO3. The monoisotopic (exact) mass is 333 g/mol. The zero-order chi connectivity index (χ0) is 16.7. The van der Waals surface area contributed by atoms with Crippen molar-refractivity contribution in [1.82, 2.24) is 4.90 Å². The second kappa shape index (κ2) is 8.79. The summed E-state index contributed by atoms with van der Waals surface area (Å²) < 4.78 is 0. The van der Waals surface area contributed by atoms with Gasteiger partial charge in [0.2, 0.25) is 0 Å². The lowest BCUT2D eigenvalue weighted by Crippen LogP contribution is -2.30. The highest BCUT2D eigenvalue weighted by atomic mass is 35.5. The van der Waals surface area contributed by atoms with Crippen molar-refractivity contribution in [3.05, 3.63) is 70.2 Å². The van der Waals surface area contributed by atoms with Crippen molar-refractivity contribution < 1.29 is 15.0 Å². The smallest absolute Gasteiger partial charge is 0.193 e. The van der Waals surface area contributed by atoms with Crippen molar-refractivity contribution in [2.24, 2.45) is 0 Å². The number of ketones is 1. The van der Waals surface area contributed by atoms with E-state index in [0.29, 0.717) is 35.8 Å². The third kappa shape index (κ3) is 4.88. The van der Waals surface area contributed by atoms with E-state index in [2.05, 4.69) is 0 Å². The maximum Gasteiger partial charge on any atom is 0.193 e. The summed E-state index contributed by atoms with van der Waals surface area (Å²) in [6.45, 7) is 1.41. The summed E-state index contributed by atoms with van der Waals surface area (Å²) in [7, 11) is 0. The first-order chi connectivity index (χ1) is 11.2. The summed E-state index contributed by atoms with van der Waals surface area (Å²) in [5, 5.41) is 18.8. The van der Waals surface area contributed by atoms with Crippen LogP contribution in [0.1, 0.15) is 21.5 Å². The molecule has 0 aliphatic carbocycles. The van der Waals surface area contributed by atoms with Crippen LogP contribution in [0.4, 0.5) is 0 Å². The maximum atomic E-state index is 12.7. The van der Waals surface area contributed by atoms with Gasteiger partial charge < -0.3 is 10.2 Å². The van der Waals surface area contributed by atoms with Crippen molar-refractivity contribution in [2.75, 3.05) is 26.3 Å². The highest BCUT2D eigenvalue weighted by Gasteiger charge is 2.15. The minimum absolute atomic E-state index is 0.00724. The molecule has 0 aromatic heterocycles. The molecular weight excluding hydrogens is 314 g/mol. The molecule has 122 valence electrons. The number of aliphatic hydroxyl groups is 2. The molecule has 4 nitrogen and oxygen atoms in total. The fourth-order valence-corrected chi connectivity index (χ4v) is 2.56. The summed E-state index contributed by atoms with van der Waals surface area (Å²) in [5.41, 5.74) is 2.07. The van der Waals surface area contributed by atoms with E-state index in [-0.39, 0.29) is 19.0 Å². The van der Waals surface area contributed by atoms with Crippen LogP contribution in [0.3, 0.4) is 0 Å². The fourth-order valence-electron chi connectivity index (χ4n) is 2.43. The van der Waals surface area contributed by atoms with E-state index >= 15 is 0 Å². The van der Waals surface area contributed by atoms with Gasteiger partial charge in [0.15, 0.2) is 5.78 Å². The zero-order valence-corrected chi connectivity index (χ0v) is 13.5. The van der Waals surface area contributed by atoms with E-state index in [1.54, 1.807) is 30.3 Å². The summed E-state index contributed by atoms with van der Waals surface area (Å²) in [5.74, 6) is -0.0646. The third-order valence-corrected chi connectivity index (χ3v) is 3.85. The van der Waals surface area contributed by atoms with Crippen LogP contribution >= 0.6 is 11.6 Å². The Morgan fingerprint density at radius 2 is 1.57 bits per heavy atom. The van der Waals surface area contributed by atoms with Crippen molar-refractivity contribution in [3.8, 4) is 0 Å². The molecule has 0 unspecified atom stereocenters. The van der Waals surface area contributed by atoms with E-state index in [0.717, 1.165) is 5.56 Å². The Morgan fingerprint density at radius 3 is 2.17 bits per heavy atom. The Balaban J connectivity index is 2.25. The van der Waals surface area contributed by atoms with Gasteiger partial charge in [0.05, 0.1) is 13.2 Å². The molecule has 2 rings (SSSR count). The van der Waals surface area contributed by atoms with Crippen molar-refractivity contribution in [2.45, 2.75) is 6.54 Å². The number of hydrogen-bond acceptors (Lipinski definition) is 4. The molecule has 0 bridgehead atoms. The Kier molecular flexibility index (Phi) is 6.74. The first-order valence-corrected chi connectivity index (χ1v) is 7.85. The minimum Gasteiger partial charge on any atom is -0.395 e. The van der Waals surface area contributed by atoms with Crippen LogP contribution in [0.2, 0.25) is 5.02 Å². The summed E-state index contributed by atoms with van der Waals surface area (Å²) in [6.07, 6.45) is 0. The van der Waals surface area contributed by atoms with Gasteiger partial charge in [-0.1, -0.05) is 35.9 Å². The number of carbonyl (C=O) groups excluding carboxylic acids is 1. The Morgan fingerprint density at radius 1 is 0.957 bits per heavy atom. The van der Waals surface area contributed by atoms with Crippen LogP contribution in [0.15, 0.2) is 48.5 Å². The van der Waals surface area contributed by atoms with Crippen molar-refractivity contribution in [3.63, 3.8) is 0 Å². The van der Waals surface area contributed by atoms with Gasteiger partial charge in [-0.2, -0.15) is 0 Å². The van der Waals surface area contributed by atoms with Gasteiger partial charge in [-0.05, 0) is 29.8 Å². The molecule has 0 aliphatic rings. The van der Waals surface area contributed by atoms with Gasteiger partial charge >= 0.3 is 0 Å². The van der Waals surface area contributed by atoms with Crippen LogP contribution in [0.25, 0.3) is 0 Å². The standard InChI is InChI=1S/C18H20ClNO3/c19-16-7-5-14(6-8-16)18(23)17-4-2-1-3-15(17)13-20(9-11-21)10-12-22/h1-8,21-22H,9-13H2. The van der Waals surface area contributed by atoms with Gasteiger partial charge in [-0.25, -0.2) is 0 Å². The second-order valence-corrected chi connectivity index (χ2v) is 5.65. The molecule has 23 heavy (non-hydrogen) atoms. The number of halogens is 1. The molecule has 0 saturated carbocycles. The van der Waals surface area contributed by atoms with Crippen molar-refractivity contribution in [1.29, 1.82) is 0 Å². The molecule has 0 saturated heterocycles. The molecule has 0 heterocycles. The SMILES string of the molecule is O=C(c1ccc(Cl)cc1)c1ccccc1CN(CCO)CCO. The Labute approximate surface area is 140 Å². The van der Waals surface area contributed by atoms with E-state index in [9.17, 15) is 4.79 Å². The van der Waals surface area contributed by atoms with Gasteiger partial charge in [-0.15, -0.1) is 0 Å². The van der Waals surface area contributed by atoms with Crippen molar-refractivity contribution >= 4 is 17.4 Å². The van der Waals surface area contributed by atoms with E-state index in [1.165, 1.54) is 0 Å². The lowest BCUT2D eigenvalue weighted by Gasteiger charge is -2.21. The normalized spacial score (nSPS) is 11.0. The number of carbonyl (C=O) groups is 1. The molecule has 2 aromatic carbocycles. The summed E-state index contributed by atoms with van der Waals surface area (Å²) >= 11 is 5.87. The average molecular weight is 334 g/mol. The third-order valence-electron chi connectivity index (χ3n) is 3.59. The van der Waals surface area contributed by atoms with Gasteiger partial charge in [0.1, 0.15) is 0 Å². The Bertz CT molecular complexity index is 637. The summed E-state index contributed by atoms with van der Waals surface area (Å²) in [6, 6.07) is 14.2. The predicted molar refractivity (Wildman–Crippen MR) is 90.8 cm³/mol. The molecule has 0 spiro atoms. The van der Waals surface area contributed by atoms with E-state index in [4.69, 9.17) is 21.8 Å². The van der Waals surface area contributed by atoms with Gasteiger partial charge in [0, 0.05) is 35.8 Å². The Hall–Kier alpha value is -1.72. The fraction of sp³-hybridized carbons (Fsp3) is 0.278. The lowest BCUT2D eigenvalue weighted by atomic mass is 9.98. The minimum atomic E-state index is -0.0646. The van der Waals surface area contributed by atoms with Crippen LogP contribution < -0.4 is 0 Å². The average Bonchev–Trinajstić information content (AvgIpc) is 2.56. The molecule has 2 aromatic rings. The van der Waals surface area contributed by atoms with Crippen LogP contribution in [-0.2, 0) is 6.54 Å². The van der Waals surface area contributed by atoms with Gasteiger partial charge in [-0.3, -0.25) is 9.69 Å². The highest BCUT2D eigenvalue weighted by molar-refractivity contribution is 6.30. The van der Waals surface area contributed by atoms with E-state index in [1.807, 2.05) is 23.1 Å². The van der Waals surface area contributed by atoms with Crippen LogP contribution in [0, 0.1) is 0 Å². The van der Waals surface area contributed by atoms with E-state index < -0.39 is 0 Å². The predicted octanol–water partition coefficient (Wildman–Crippen LogP) is 2.36.